The Morgan fingerprint density at radius 3 is 2.63 bits per heavy atom. The van der Waals surface area contributed by atoms with Gasteiger partial charge in [-0.15, -0.1) is 0 Å². The number of hydrogen-bond donors (Lipinski definition) is 1. The minimum atomic E-state index is -3.36. The monoisotopic (exact) mass is 313 g/mol. The summed E-state index contributed by atoms with van der Waals surface area (Å²) in [6.45, 7) is 0.450. The van der Waals surface area contributed by atoms with Crippen LogP contribution in [0.15, 0.2) is 52.1 Å². The molecule has 1 heterocycles. The summed E-state index contributed by atoms with van der Waals surface area (Å²) in [5, 5.41) is 4.16. The minimum Gasteiger partial charge on any atom is -0.210 e. The molecule has 0 radical (unpaired) electrons. The van der Waals surface area contributed by atoms with Gasteiger partial charge in [0.2, 0.25) is 10.0 Å². The van der Waals surface area contributed by atoms with E-state index in [1.54, 1.807) is 53.4 Å². The summed E-state index contributed by atoms with van der Waals surface area (Å²) >= 11 is 3.41. The smallest absolute Gasteiger partial charge is 0.210 e. The number of benzene rings is 1. The zero-order chi connectivity index (χ0) is 13.6. The highest BCUT2D eigenvalue weighted by atomic mass is 32.2. The van der Waals surface area contributed by atoms with Crippen molar-refractivity contribution in [2.45, 2.75) is 10.6 Å². The Morgan fingerprint density at radius 1 is 1.16 bits per heavy atom. The standard InChI is InChI=1S/C13H15NO2S3/c15-19(16,13-4-2-1-3-5-13)14-7-9-18-11-12-6-8-17-10-12/h1-6,8,10,14H,7,9,11H2. The van der Waals surface area contributed by atoms with Crippen molar-refractivity contribution in [1.82, 2.24) is 4.72 Å². The van der Waals surface area contributed by atoms with E-state index in [2.05, 4.69) is 16.2 Å². The third-order valence-electron chi connectivity index (χ3n) is 2.44. The Hall–Kier alpha value is -0.820. The summed E-state index contributed by atoms with van der Waals surface area (Å²) in [6, 6.07) is 10.5. The molecule has 1 N–H and O–H groups in total. The maximum atomic E-state index is 11.9. The second-order valence-corrected chi connectivity index (χ2v) is 7.55. The van der Waals surface area contributed by atoms with E-state index in [1.165, 1.54) is 5.56 Å². The highest BCUT2D eigenvalue weighted by molar-refractivity contribution is 7.98. The maximum Gasteiger partial charge on any atom is 0.240 e. The molecule has 0 saturated heterocycles. The van der Waals surface area contributed by atoms with Crippen LogP contribution in [-0.2, 0) is 15.8 Å². The maximum absolute atomic E-state index is 11.9. The van der Waals surface area contributed by atoms with Crippen molar-refractivity contribution >= 4 is 33.1 Å². The van der Waals surface area contributed by atoms with Gasteiger partial charge in [-0.2, -0.15) is 23.1 Å². The van der Waals surface area contributed by atoms with Crippen molar-refractivity contribution < 1.29 is 8.42 Å². The van der Waals surface area contributed by atoms with E-state index in [0.29, 0.717) is 11.4 Å². The molecular weight excluding hydrogens is 298 g/mol. The lowest BCUT2D eigenvalue weighted by Gasteiger charge is -2.06. The van der Waals surface area contributed by atoms with Gasteiger partial charge in [0.1, 0.15) is 0 Å². The van der Waals surface area contributed by atoms with Crippen molar-refractivity contribution in [3.63, 3.8) is 0 Å². The normalized spacial score (nSPS) is 11.6. The average molecular weight is 313 g/mol. The van der Waals surface area contributed by atoms with Gasteiger partial charge in [-0.25, -0.2) is 13.1 Å². The summed E-state index contributed by atoms with van der Waals surface area (Å²) in [5.41, 5.74) is 1.29. The predicted molar refractivity (Wildman–Crippen MR) is 82.1 cm³/mol. The van der Waals surface area contributed by atoms with E-state index in [4.69, 9.17) is 0 Å². The van der Waals surface area contributed by atoms with E-state index in [0.717, 1.165) is 11.5 Å². The second kappa shape index (κ2) is 7.09. The van der Waals surface area contributed by atoms with Crippen molar-refractivity contribution in [2.24, 2.45) is 0 Å². The van der Waals surface area contributed by atoms with Crippen LogP contribution in [0.1, 0.15) is 5.56 Å². The van der Waals surface area contributed by atoms with Crippen molar-refractivity contribution in [1.29, 1.82) is 0 Å². The number of hydrogen-bond acceptors (Lipinski definition) is 4. The zero-order valence-electron chi connectivity index (χ0n) is 10.3. The predicted octanol–water partition coefficient (Wildman–Crippen LogP) is 2.96. The topological polar surface area (TPSA) is 46.2 Å². The third kappa shape index (κ3) is 4.65. The number of rotatable bonds is 7. The summed E-state index contributed by atoms with van der Waals surface area (Å²) in [7, 11) is -3.36. The fraction of sp³-hybridized carbons (Fsp3) is 0.231. The fourth-order valence-electron chi connectivity index (χ4n) is 1.50. The Bertz CT molecular complexity index is 580. The summed E-state index contributed by atoms with van der Waals surface area (Å²) < 4.78 is 26.4. The molecule has 1 aromatic heterocycles. The van der Waals surface area contributed by atoms with E-state index >= 15 is 0 Å². The van der Waals surface area contributed by atoms with Crippen LogP contribution < -0.4 is 4.72 Å². The highest BCUT2D eigenvalue weighted by Gasteiger charge is 2.11. The number of thiophene rings is 1. The van der Waals surface area contributed by atoms with Gasteiger partial charge in [-0.1, -0.05) is 18.2 Å². The first-order chi connectivity index (χ1) is 9.18. The third-order valence-corrected chi connectivity index (χ3v) is 5.68. The van der Waals surface area contributed by atoms with Gasteiger partial charge in [0.15, 0.2) is 0 Å². The molecule has 2 aromatic rings. The number of nitrogens with one attached hydrogen (secondary N) is 1. The van der Waals surface area contributed by atoms with Crippen LogP contribution in [0.5, 0.6) is 0 Å². The Balaban J connectivity index is 1.73. The van der Waals surface area contributed by atoms with Crippen LogP contribution in [0.2, 0.25) is 0 Å². The van der Waals surface area contributed by atoms with Gasteiger partial charge >= 0.3 is 0 Å². The molecule has 0 amide bonds. The molecule has 0 fully saturated rings. The van der Waals surface area contributed by atoms with Gasteiger partial charge in [-0.05, 0) is 34.5 Å². The Kier molecular flexibility index (Phi) is 5.45. The molecule has 0 spiro atoms. The van der Waals surface area contributed by atoms with Crippen molar-refractivity contribution in [3.05, 3.63) is 52.7 Å². The lowest BCUT2D eigenvalue weighted by atomic mass is 10.4. The largest absolute Gasteiger partial charge is 0.240 e. The van der Waals surface area contributed by atoms with Crippen LogP contribution >= 0.6 is 23.1 Å². The molecule has 1 aromatic carbocycles. The molecule has 3 nitrogen and oxygen atoms in total. The molecule has 102 valence electrons. The molecule has 0 aliphatic carbocycles. The van der Waals surface area contributed by atoms with Crippen LogP contribution in [0.25, 0.3) is 0 Å². The summed E-state index contributed by atoms with van der Waals surface area (Å²) in [4.78, 5) is 0.317. The molecule has 19 heavy (non-hydrogen) atoms. The van der Waals surface area contributed by atoms with E-state index in [-0.39, 0.29) is 0 Å². The molecule has 0 aliphatic heterocycles. The average Bonchev–Trinajstić information content (AvgIpc) is 2.92. The first-order valence-electron chi connectivity index (χ1n) is 5.82. The lowest BCUT2D eigenvalue weighted by Crippen LogP contribution is -2.25. The molecule has 0 atom stereocenters. The van der Waals surface area contributed by atoms with Gasteiger partial charge in [-0.3, -0.25) is 0 Å². The van der Waals surface area contributed by atoms with Gasteiger partial charge in [0, 0.05) is 18.1 Å². The lowest BCUT2D eigenvalue weighted by molar-refractivity contribution is 0.584. The molecule has 0 bridgehead atoms. The second-order valence-electron chi connectivity index (χ2n) is 3.90. The molecule has 0 unspecified atom stereocenters. The molecule has 0 saturated carbocycles. The number of sulfonamides is 1. The van der Waals surface area contributed by atoms with Gasteiger partial charge in [0.25, 0.3) is 0 Å². The highest BCUT2D eigenvalue weighted by Crippen LogP contribution is 2.14. The Labute approximate surface area is 122 Å². The first kappa shape index (κ1) is 14.6. The Morgan fingerprint density at radius 2 is 1.95 bits per heavy atom. The molecule has 2 rings (SSSR count). The van der Waals surface area contributed by atoms with Gasteiger partial charge < -0.3 is 0 Å². The molecule has 6 heteroatoms. The minimum absolute atomic E-state index is 0.317. The van der Waals surface area contributed by atoms with E-state index in [9.17, 15) is 8.42 Å². The molecular formula is C13H15NO2S3. The van der Waals surface area contributed by atoms with Crippen LogP contribution in [-0.4, -0.2) is 20.7 Å². The van der Waals surface area contributed by atoms with Gasteiger partial charge in [0.05, 0.1) is 4.90 Å². The summed E-state index contributed by atoms with van der Waals surface area (Å²) in [6.07, 6.45) is 0. The first-order valence-corrected chi connectivity index (χ1v) is 9.40. The van der Waals surface area contributed by atoms with Crippen LogP contribution in [0.4, 0.5) is 0 Å². The SMILES string of the molecule is O=S(=O)(NCCSCc1ccsc1)c1ccccc1. The number of thioether (sulfide) groups is 1. The fourth-order valence-corrected chi connectivity index (χ4v) is 4.26. The zero-order valence-corrected chi connectivity index (χ0v) is 12.7. The van der Waals surface area contributed by atoms with Crippen molar-refractivity contribution in [2.75, 3.05) is 12.3 Å². The van der Waals surface area contributed by atoms with E-state index in [1.807, 2.05) is 5.38 Å². The summed E-state index contributed by atoms with van der Waals surface area (Å²) in [5.74, 6) is 1.69. The van der Waals surface area contributed by atoms with Crippen LogP contribution in [0.3, 0.4) is 0 Å². The van der Waals surface area contributed by atoms with Crippen molar-refractivity contribution in [3.8, 4) is 0 Å². The van der Waals surface area contributed by atoms with E-state index < -0.39 is 10.0 Å². The quantitative estimate of drug-likeness (QED) is 0.799. The van der Waals surface area contributed by atoms with Crippen LogP contribution in [0, 0.1) is 0 Å². The molecule has 0 aliphatic rings.